The maximum absolute atomic E-state index is 12.6. The topological polar surface area (TPSA) is 49.4 Å². The van der Waals surface area contributed by atoms with Gasteiger partial charge in [-0.1, -0.05) is 32.0 Å². The zero-order valence-electron chi connectivity index (χ0n) is 10.9. The standard InChI is InChI=1S/C13H20N2O2S/c1-11(2)10-15-8-7-14-9-12-5-3-4-6-13(12)18(15,16)17/h3-6,11,14H,7-10H2,1-2H3. The molecular formula is C13H20N2O2S. The van der Waals surface area contributed by atoms with Crippen molar-refractivity contribution in [3.8, 4) is 0 Å². The van der Waals surface area contributed by atoms with Crippen molar-refractivity contribution in [2.75, 3.05) is 19.6 Å². The maximum atomic E-state index is 12.6. The van der Waals surface area contributed by atoms with E-state index in [0.717, 1.165) is 5.56 Å². The molecule has 2 rings (SSSR count). The first-order chi connectivity index (χ1) is 8.51. The first-order valence-electron chi connectivity index (χ1n) is 6.30. The lowest BCUT2D eigenvalue weighted by Crippen LogP contribution is -2.41. The molecule has 1 aromatic rings. The third kappa shape index (κ3) is 2.74. The summed E-state index contributed by atoms with van der Waals surface area (Å²) >= 11 is 0. The van der Waals surface area contributed by atoms with Crippen LogP contribution in [0, 0.1) is 5.92 Å². The van der Waals surface area contributed by atoms with Gasteiger partial charge in [0, 0.05) is 26.2 Å². The van der Waals surface area contributed by atoms with E-state index in [9.17, 15) is 8.42 Å². The average Bonchev–Trinajstić information content (AvgIpc) is 2.31. The minimum Gasteiger partial charge on any atom is -0.311 e. The van der Waals surface area contributed by atoms with Crippen molar-refractivity contribution in [3.05, 3.63) is 29.8 Å². The fourth-order valence-electron chi connectivity index (χ4n) is 2.18. The number of benzene rings is 1. The van der Waals surface area contributed by atoms with Gasteiger partial charge in [-0.2, -0.15) is 4.31 Å². The SMILES string of the molecule is CC(C)CN1CCNCc2ccccc2S1(=O)=O. The van der Waals surface area contributed by atoms with Gasteiger partial charge in [-0.3, -0.25) is 0 Å². The minimum absolute atomic E-state index is 0.325. The minimum atomic E-state index is -3.34. The molecule has 0 aliphatic carbocycles. The van der Waals surface area contributed by atoms with Crippen LogP contribution in [0.3, 0.4) is 0 Å². The van der Waals surface area contributed by atoms with E-state index in [2.05, 4.69) is 5.32 Å². The Labute approximate surface area is 109 Å². The lowest BCUT2D eigenvalue weighted by Gasteiger charge is -2.27. The zero-order valence-corrected chi connectivity index (χ0v) is 11.7. The molecule has 0 unspecified atom stereocenters. The quantitative estimate of drug-likeness (QED) is 0.883. The van der Waals surface area contributed by atoms with E-state index in [-0.39, 0.29) is 0 Å². The van der Waals surface area contributed by atoms with Crippen LogP contribution < -0.4 is 5.32 Å². The van der Waals surface area contributed by atoms with Gasteiger partial charge in [0.25, 0.3) is 0 Å². The smallest absolute Gasteiger partial charge is 0.243 e. The molecule has 0 saturated carbocycles. The molecule has 1 aliphatic heterocycles. The van der Waals surface area contributed by atoms with E-state index >= 15 is 0 Å². The predicted octanol–water partition coefficient (Wildman–Crippen LogP) is 1.44. The van der Waals surface area contributed by atoms with Crippen LogP contribution in [0.4, 0.5) is 0 Å². The van der Waals surface area contributed by atoms with Crippen molar-refractivity contribution in [1.82, 2.24) is 9.62 Å². The normalized spacial score (nSPS) is 20.2. The fraction of sp³-hybridized carbons (Fsp3) is 0.538. The largest absolute Gasteiger partial charge is 0.311 e. The second-order valence-corrected chi connectivity index (χ2v) is 6.95. The van der Waals surface area contributed by atoms with Gasteiger partial charge in [-0.15, -0.1) is 0 Å². The molecule has 0 bridgehead atoms. The lowest BCUT2D eigenvalue weighted by atomic mass is 10.2. The zero-order chi connectivity index (χ0) is 13.2. The molecule has 0 amide bonds. The number of sulfonamides is 1. The van der Waals surface area contributed by atoms with E-state index in [1.54, 1.807) is 16.4 Å². The first kappa shape index (κ1) is 13.5. The number of hydrogen-bond donors (Lipinski definition) is 1. The Morgan fingerprint density at radius 1 is 1.33 bits per heavy atom. The summed E-state index contributed by atoms with van der Waals surface area (Å²) in [5.74, 6) is 0.325. The molecular weight excluding hydrogens is 248 g/mol. The Balaban J connectivity index is 2.44. The van der Waals surface area contributed by atoms with E-state index in [4.69, 9.17) is 0 Å². The van der Waals surface area contributed by atoms with Crippen molar-refractivity contribution in [2.45, 2.75) is 25.3 Å². The second kappa shape index (κ2) is 5.38. The van der Waals surface area contributed by atoms with Gasteiger partial charge in [0.15, 0.2) is 0 Å². The molecule has 0 aromatic heterocycles. The molecule has 1 aromatic carbocycles. The Bertz CT molecular complexity index is 511. The summed E-state index contributed by atoms with van der Waals surface area (Å²) in [5.41, 5.74) is 0.853. The van der Waals surface area contributed by atoms with E-state index < -0.39 is 10.0 Å². The van der Waals surface area contributed by atoms with E-state index in [0.29, 0.717) is 37.0 Å². The van der Waals surface area contributed by atoms with E-state index in [1.807, 2.05) is 26.0 Å². The molecule has 0 spiro atoms. The first-order valence-corrected chi connectivity index (χ1v) is 7.74. The van der Waals surface area contributed by atoms with Gasteiger partial charge in [-0.05, 0) is 17.5 Å². The average molecular weight is 268 g/mol. The molecule has 0 radical (unpaired) electrons. The van der Waals surface area contributed by atoms with E-state index in [1.165, 1.54) is 0 Å². The Morgan fingerprint density at radius 2 is 2.06 bits per heavy atom. The number of fused-ring (bicyclic) bond motifs is 1. The van der Waals surface area contributed by atoms with Crippen LogP contribution >= 0.6 is 0 Å². The van der Waals surface area contributed by atoms with Crippen LogP contribution in [0.1, 0.15) is 19.4 Å². The summed E-state index contributed by atoms with van der Waals surface area (Å²) in [6, 6.07) is 7.24. The molecule has 1 N–H and O–H groups in total. The highest BCUT2D eigenvalue weighted by atomic mass is 32.2. The van der Waals surface area contributed by atoms with Crippen LogP contribution in [0.25, 0.3) is 0 Å². The number of nitrogens with one attached hydrogen (secondary N) is 1. The third-order valence-corrected chi connectivity index (χ3v) is 4.98. The molecule has 5 heteroatoms. The Morgan fingerprint density at radius 3 is 2.78 bits per heavy atom. The Hall–Kier alpha value is -0.910. The summed E-state index contributed by atoms with van der Waals surface area (Å²) in [6.07, 6.45) is 0. The van der Waals surface area contributed by atoms with Crippen molar-refractivity contribution in [3.63, 3.8) is 0 Å². The van der Waals surface area contributed by atoms with Crippen LogP contribution in [0.15, 0.2) is 29.2 Å². The Kier molecular flexibility index (Phi) is 4.04. The second-order valence-electron chi connectivity index (χ2n) is 5.04. The summed E-state index contributed by atoms with van der Waals surface area (Å²) < 4.78 is 26.8. The van der Waals surface area contributed by atoms with Crippen molar-refractivity contribution in [2.24, 2.45) is 5.92 Å². The van der Waals surface area contributed by atoms with Crippen LogP contribution in [0.5, 0.6) is 0 Å². The molecule has 0 atom stereocenters. The van der Waals surface area contributed by atoms with Gasteiger partial charge < -0.3 is 5.32 Å². The van der Waals surface area contributed by atoms with Crippen LogP contribution in [0.2, 0.25) is 0 Å². The molecule has 0 fully saturated rings. The molecule has 0 saturated heterocycles. The fourth-order valence-corrected chi connectivity index (χ4v) is 4.01. The molecule has 100 valence electrons. The van der Waals surface area contributed by atoms with Crippen LogP contribution in [-0.4, -0.2) is 32.4 Å². The highest BCUT2D eigenvalue weighted by molar-refractivity contribution is 7.89. The highest BCUT2D eigenvalue weighted by Crippen LogP contribution is 2.22. The summed E-state index contributed by atoms with van der Waals surface area (Å²) in [6.45, 7) is 6.49. The summed E-state index contributed by atoms with van der Waals surface area (Å²) in [7, 11) is -3.34. The van der Waals surface area contributed by atoms with Crippen molar-refractivity contribution in [1.29, 1.82) is 0 Å². The summed E-state index contributed by atoms with van der Waals surface area (Å²) in [5, 5.41) is 3.28. The molecule has 18 heavy (non-hydrogen) atoms. The van der Waals surface area contributed by atoms with Crippen LogP contribution in [-0.2, 0) is 16.6 Å². The van der Waals surface area contributed by atoms with Gasteiger partial charge in [0.1, 0.15) is 0 Å². The number of nitrogens with zero attached hydrogens (tertiary/aromatic N) is 1. The monoisotopic (exact) mass is 268 g/mol. The van der Waals surface area contributed by atoms with Crippen molar-refractivity contribution < 1.29 is 8.42 Å². The number of rotatable bonds is 2. The molecule has 1 heterocycles. The summed E-state index contributed by atoms with van der Waals surface area (Å²) in [4.78, 5) is 0.442. The number of hydrogen-bond acceptors (Lipinski definition) is 3. The van der Waals surface area contributed by atoms with Crippen molar-refractivity contribution >= 4 is 10.0 Å². The third-order valence-electron chi connectivity index (χ3n) is 3.01. The van der Waals surface area contributed by atoms with Gasteiger partial charge in [-0.25, -0.2) is 8.42 Å². The highest BCUT2D eigenvalue weighted by Gasteiger charge is 2.28. The van der Waals surface area contributed by atoms with Gasteiger partial charge in [0.2, 0.25) is 10.0 Å². The molecule has 1 aliphatic rings. The van der Waals surface area contributed by atoms with Gasteiger partial charge >= 0.3 is 0 Å². The maximum Gasteiger partial charge on any atom is 0.243 e. The molecule has 4 nitrogen and oxygen atoms in total. The predicted molar refractivity (Wildman–Crippen MR) is 71.7 cm³/mol. The lowest BCUT2D eigenvalue weighted by molar-refractivity contribution is 0.358. The van der Waals surface area contributed by atoms with Gasteiger partial charge in [0.05, 0.1) is 4.90 Å².